The van der Waals surface area contributed by atoms with Crippen LogP contribution in [-0.2, 0) is 23.0 Å². The molecule has 0 spiro atoms. The number of carbonyl (C=O) groups is 1. The average Bonchev–Trinajstić information content (AvgIpc) is 2.84. The highest BCUT2D eigenvalue weighted by Crippen LogP contribution is 2.25. The quantitative estimate of drug-likeness (QED) is 0.243. The third-order valence-corrected chi connectivity index (χ3v) is 7.03. The van der Waals surface area contributed by atoms with Gasteiger partial charge in [0, 0.05) is 11.1 Å². The summed E-state index contributed by atoms with van der Waals surface area (Å²) in [5, 5.41) is 9.66. The van der Waals surface area contributed by atoms with E-state index in [2.05, 4.69) is 6.07 Å². The van der Waals surface area contributed by atoms with Crippen LogP contribution >= 0.6 is 0 Å². The van der Waals surface area contributed by atoms with Crippen molar-refractivity contribution in [3.8, 4) is 6.07 Å². The number of rotatable bonds is 7. The molecular formula is C30H24FNO4S. The second-order valence-corrected chi connectivity index (χ2v) is 10.5. The zero-order chi connectivity index (χ0) is 26.7. The van der Waals surface area contributed by atoms with Gasteiger partial charge in [0.2, 0.25) is 0 Å². The molecule has 0 fully saturated rings. The molecule has 0 saturated carbocycles. The molecule has 0 aliphatic heterocycles. The number of halogens is 1. The summed E-state index contributed by atoms with van der Waals surface area (Å²) in [6.45, 7) is 3.60. The monoisotopic (exact) mass is 513 g/mol. The molecule has 4 rings (SSSR count). The molecule has 1 N–H and O–H groups in total. The molecule has 0 aliphatic carbocycles. The molecule has 0 atom stereocenters. The van der Waals surface area contributed by atoms with E-state index in [1.807, 2.05) is 43.3 Å². The Morgan fingerprint density at radius 3 is 2.30 bits per heavy atom. The van der Waals surface area contributed by atoms with Crippen LogP contribution in [0.5, 0.6) is 0 Å². The van der Waals surface area contributed by atoms with Gasteiger partial charge in [0.05, 0.1) is 16.5 Å². The minimum absolute atomic E-state index is 0.190. The number of hydrogen-bond donors (Lipinski definition) is 1. The Morgan fingerprint density at radius 1 is 0.892 bits per heavy atom. The zero-order valence-electron chi connectivity index (χ0n) is 20.3. The lowest BCUT2D eigenvalue weighted by Gasteiger charge is -2.14. The fraction of sp³-hybridized carbons (Fsp3) is 0.133. The first-order valence-electron chi connectivity index (χ1n) is 11.5. The molecule has 0 radical (unpaired) electrons. The van der Waals surface area contributed by atoms with Gasteiger partial charge in [0.15, 0.2) is 5.78 Å². The van der Waals surface area contributed by atoms with Gasteiger partial charge in [0.25, 0.3) is 10.1 Å². The normalized spacial score (nSPS) is 11.2. The molecule has 5 nitrogen and oxygen atoms in total. The van der Waals surface area contributed by atoms with Gasteiger partial charge in [0.1, 0.15) is 5.82 Å². The molecule has 0 amide bonds. The second-order valence-electron chi connectivity index (χ2n) is 9.03. The van der Waals surface area contributed by atoms with Crippen LogP contribution in [0.3, 0.4) is 0 Å². The molecule has 37 heavy (non-hydrogen) atoms. The van der Waals surface area contributed by atoms with Gasteiger partial charge in [-0.2, -0.15) is 13.7 Å². The van der Waals surface area contributed by atoms with Crippen LogP contribution in [0.25, 0.3) is 0 Å². The van der Waals surface area contributed by atoms with E-state index in [9.17, 15) is 27.4 Å². The summed E-state index contributed by atoms with van der Waals surface area (Å²) in [4.78, 5) is 13.3. The molecule has 0 unspecified atom stereocenters. The smallest absolute Gasteiger partial charge is 0.289 e. The Morgan fingerprint density at radius 2 is 1.62 bits per heavy atom. The van der Waals surface area contributed by atoms with E-state index >= 15 is 0 Å². The molecule has 0 heterocycles. The average molecular weight is 514 g/mol. The molecule has 4 aromatic carbocycles. The number of carbonyl (C=O) groups excluding carboxylic acids is 1. The van der Waals surface area contributed by atoms with Crippen molar-refractivity contribution in [3.05, 3.63) is 135 Å². The third kappa shape index (κ3) is 6.00. The maximum Gasteiger partial charge on any atom is 0.294 e. The van der Waals surface area contributed by atoms with E-state index in [-0.39, 0.29) is 10.7 Å². The SMILES string of the molecule is Cc1cc(Cc2ccc(Cc3cccc(C)c3C#N)c(C(=O)c3ccc(F)cc3)c2)cc(S(=O)(=O)O)c1. The summed E-state index contributed by atoms with van der Waals surface area (Å²) in [5.74, 6) is -0.732. The van der Waals surface area contributed by atoms with Crippen LogP contribution in [0.2, 0.25) is 0 Å². The Labute approximate surface area is 215 Å². The summed E-state index contributed by atoms with van der Waals surface area (Å²) in [7, 11) is -4.36. The number of benzene rings is 4. The largest absolute Gasteiger partial charge is 0.294 e. The zero-order valence-corrected chi connectivity index (χ0v) is 21.1. The molecule has 0 aromatic heterocycles. The van der Waals surface area contributed by atoms with Crippen molar-refractivity contribution in [1.29, 1.82) is 5.26 Å². The highest BCUT2D eigenvalue weighted by Gasteiger charge is 2.18. The van der Waals surface area contributed by atoms with Gasteiger partial charge in [-0.05, 0) is 103 Å². The third-order valence-electron chi connectivity index (χ3n) is 6.19. The van der Waals surface area contributed by atoms with E-state index in [0.29, 0.717) is 46.2 Å². The van der Waals surface area contributed by atoms with Crippen molar-refractivity contribution in [2.24, 2.45) is 0 Å². The molecule has 7 heteroatoms. The number of hydrogen-bond acceptors (Lipinski definition) is 4. The van der Waals surface area contributed by atoms with E-state index in [1.54, 1.807) is 13.0 Å². The van der Waals surface area contributed by atoms with Crippen LogP contribution in [-0.4, -0.2) is 18.8 Å². The van der Waals surface area contributed by atoms with Gasteiger partial charge in [-0.15, -0.1) is 0 Å². The van der Waals surface area contributed by atoms with E-state index in [1.165, 1.54) is 36.4 Å². The number of nitriles is 1. The van der Waals surface area contributed by atoms with E-state index in [4.69, 9.17) is 0 Å². The minimum atomic E-state index is -4.36. The summed E-state index contributed by atoms with van der Waals surface area (Å²) in [5.41, 5.74) is 5.74. The first-order valence-corrected chi connectivity index (χ1v) is 13.0. The van der Waals surface area contributed by atoms with E-state index < -0.39 is 15.9 Å². The fourth-order valence-electron chi connectivity index (χ4n) is 4.41. The van der Waals surface area contributed by atoms with Crippen molar-refractivity contribution in [1.82, 2.24) is 0 Å². The van der Waals surface area contributed by atoms with Gasteiger partial charge >= 0.3 is 0 Å². The highest BCUT2D eigenvalue weighted by molar-refractivity contribution is 7.85. The van der Waals surface area contributed by atoms with Crippen LogP contribution in [0, 0.1) is 31.0 Å². The summed E-state index contributed by atoms with van der Waals surface area (Å²) in [6, 6.07) is 23.2. The maximum atomic E-state index is 13.5. The number of nitrogens with zero attached hydrogens (tertiary/aromatic N) is 1. The standard InChI is InChI=1S/C30H24FNO4S/c1-19-12-22(15-27(13-19)37(34,35)36)14-21-6-7-25(17-24-5-3-4-20(2)29(24)18-32)28(16-21)30(33)23-8-10-26(31)11-9-23/h3-13,15-16H,14,17H2,1-2H3,(H,34,35,36). The van der Waals surface area contributed by atoms with Gasteiger partial charge in [-0.3, -0.25) is 9.35 Å². The van der Waals surface area contributed by atoms with Crippen molar-refractivity contribution in [2.45, 2.75) is 31.6 Å². The molecule has 0 bridgehead atoms. The Balaban J connectivity index is 1.79. The lowest BCUT2D eigenvalue weighted by atomic mass is 9.89. The van der Waals surface area contributed by atoms with E-state index in [0.717, 1.165) is 16.7 Å². The number of aryl methyl sites for hydroxylation is 2. The number of ketones is 1. The maximum absolute atomic E-state index is 13.5. The predicted octanol–water partition coefficient (Wildman–Crippen LogP) is 5.97. The lowest BCUT2D eigenvalue weighted by molar-refractivity contribution is 0.103. The molecular weight excluding hydrogens is 489 g/mol. The summed E-state index contributed by atoms with van der Waals surface area (Å²) in [6.07, 6.45) is 0.673. The first-order chi connectivity index (χ1) is 17.5. The van der Waals surface area contributed by atoms with Gasteiger partial charge in [-0.1, -0.05) is 36.4 Å². The topological polar surface area (TPSA) is 95.2 Å². The lowest BCUT2D eigenvalue weighted by Crippen LogP contribution is -2.08. The molecule has 4 aromatic rings. The molecule has 0 saturated heterocycles. The van der Waals surface area contributed by atoms with Crippen molar-refractivity contribution in [2.75, 3.05) is 0 Å². The second kappa shape index (κ2) is 10.5. The summed E-state index contributed by atoms with van der Waals surface area (Å²) >= 11 is 0. The van der Waals surface area contributed by atoms with Crippen LogP contribution < -0.4 is 0 Å². The fourth-order valence-corrected chi connectivity index (χ4v) is 5.04. The molecule has 186 valence electrons. The van der Waals surface area contributed by atoms with Crippen LogP contribution in [0.4, 0.5) is 4.39 Å². The van der Waals surface area contributed by atoms with Gasteiger partial charge < -0.3 is 0 Å². The summed E-state index contributed by atoms with van der Waals surface area (Å²) < 4.78 is 46.3. The van der Waals surface area contributed by atoms with Crippen molar-refractivity contribution >= 4 is 15.9 Å². The van der Waals surface area contributed by atoms with Crippen LogP contribution in [0.1, 0.15) is 54.9 Å². The Bertz CT molecular complexity index is 1650. The van der Waals surface area contributed by atoms with Gasteiger partial charge in [-0.25, -0.2) is 4.39 Å². The Kier molecular flexibility index (Phi) is 7.35. The van der Waals surface area contributed by atoms with Crippen LogP contribution in [0.15, 0.2) is 83.8 Å². The molecule has 0 aliphatic rings. The predicted molar refractivity (Wildman–Crippen MR) is 139 cm³/mol. The first kappa shape index (κ1) is 26.0. The minimum Gasteiger partial charge on any atom is -0.289 e. The highest BCUT2D eigenvalue weighted by atomic mass is 32.2. The van der Waals surface area contributed by atoms with Crippen molar-refractivity contribution in [3.63, 3.8) is 0 Å². The van der Waals surface area contributed by atoms with Crippen molar-refractivity contribution < 1.29 is 22.2 Å². The Hall–Kier alpha value is -4.12.